The smallest absolute Gasteiger partial charge is 0.335 e. The highest BCUT2D eigenvalue weighted by atomic mass is 79.9. The molecular formula is C12H12BrN3O4S. The Labute approximate surface area is 129 Å². The largest absolute Gasteiger partial charge is 0.478 e. The maximum absolute atomic E-state index is 12.5. The number of hydrogen-bond donors (Lipinski definition) is 1. The third-order valence-corrected chi connectivity index (χ3v) is 5.46. The lowest BCUT2D eigenvalue weighted by molar-refractivity contribution is 0.0696. The lowest BCUT2D eigenvalue weighted by Gasteiger charge is -2.09. The van der Waals surface area contributed by atoms with Crippen LogP contribution in [0.3, 0.4) is 0 Å². The van der Waals surface area contributed by atoms with E-state index in [0.29, 0.717) is 15.7 Å². The number of halogens is 1. The van der Waals surface area contributed by atoms with Crippen molar-refractivity contribution in [1.29, 1.82) is 0 Å². The first-order valence-electron chi connectivity index (χ1n) is 5.82. The van der Waals surface area contributed by atoms with E-state index in [9.17, 15) is 13.2 Å². The molecule has 1 aromatic carbocycles. The maximum atomic E-state index is 12.5. The number of aromatic nitrogens is 3. The molecule has 0 bridgehead atoms. The van der Waals surface area contributed by atoms with Crippen molar-refractivity contribution >= 4 is 31.7 Å². The highest BCUT2D eigenvalue weighted by Crippen LogP contribution is 2.28. The second-order valence-electron chi connectivity index (χ2n) is 4.53. The minimum Gasteiger partial charge on any atom is -0.478 e. The van der Waals surface area contributed by atoms with E-state index in [1.165, 1.54) is 16.9 Å². The van der Waals surface area contributed by atoms with Gasteiger partial charge in [0, 0.05) is 17.7 Å². The fraction of sp³-hybridized carbons (Fsp3) is 0.250. The number of hydrogen-bond acceptors (Lipinski definition) is 5. The van der Waals surface area contributed by atoms with Crippen LogP contribution < -0.4 is 0 Å². The van der Waals surface area contributed by atoms with E-state index in [1.54, 1.807) is 14.0 Å². The Bertz CT molecular complexity index is 814. The van der Waals surface area contributed by atoms with Gasteiger partial charge in [-0.25, -0.2) is 13.2 Å². The molecule has 1 heterocycles. The van der Waals surface area contributed by atoms with Crippen molar-refractivity contribution in [3.63, 3.8) is 0 Å². The summed E-state index contributed by atoms with van der Waals surface area (Å²) >= 11 is 3.19. The monoisotopic (exact) mass is 373 g/mol. The van der Waals surface area contributed by atoms with Crippen LogP contribution in [-0.2, 0) is 22.6 Å². The van der Waals surface area contributed by atoms with Crippen molar-refractivity contribution in [3.8, 4) is 0 Å². The molecule has 7 nitrogen and oxygen atoms in total. The average molecular weight is 374 g/mol. The summed E-state index contributed by atoms with van der Waals surface area (Å²) < 4.78 is 26.8. The van der Waals surface area contributed by atoms with Crippen LogP contribution >= 0.6 is 15.9 Å². The van der Waals surface area contributed by atoms with Crippen molar-refractivity contribution in [2.45, 2.75) is 17.6 Å². The van der Waals surface area contributed by atoms with Gasteiger partial charge in [-0.2, -0.15) is 0 Å². The molecule has 0 aliphatic carbocycles. The number of sulfone groups is 1. The molecule has 0 aliphatic rings. The van der Waals surface area contributed by atoms with Gasteiger partial charge < -0.3 is 5.11 Å². The minimum absolute atomic E-state index is 0.0278. The molecule has 0 spiro atoms. The topological polar surface area (TPSA) is 102 Å². The number of aromatic carboxylic acids is 1. The van der Waals surface area contributed by atoms with Crippen molar-refractivity contribution in [2.75, 3.05) is 0 Å². The van der Waals surface area contributed by atoms with E-state index in [-0.39, 0.29) is 16.2 Å². The number of benzene rings is 1. The number of aryl methyl sites for hydroxylation is 1. The summed E-state index contributed by atoms with van der Waals surface area (Å²) in [5.74, 6) is -1.52. The summed E-state index contributed by atoms with van der Waals surface area (Å²) in [6.45, 7) is 1.61. The van der Waals surface area contributed by atoms with Crippen molar-refractivity contribution in [2.24, 2.45) is 7.05 Å². The molecule has 2 aromatic rings. The highest BCUT2D eigenvalue weighted by Gasteiger charge is 2.23. The summed E-state index contributed by atoms with van der Waals surface area (Å²) in [7, 11) is -2.08. The Hall–Kier alpha value is -1.74. The predicted molar refractivity (Wildman–Crippen MR) is 77.7 cm³/mol. The standard InChI is InChI=1S/C12H12BrN3O4S/c1-7-10(13)3-8(12(17)18)4-11(7)21(19,20)6-9-5-16(2)15-14-9/h3-5H,6H2,1-2H3,(H,17,18). The van der Waals surface area contributed by atoms with Gasteiger partial charge in [-0.1, -0.05) is 21.1 Å². The van der Waals surface area contributed by atoms with Crippen LogP contribution in [0.15, 0.2) is 27.7 Å². The second kappa shape index (κ2) is 5.57. The number of carboxylic acids is 1. The highest BCUT2D eigenvalue weighted by molar-refractivity contribution is 9.10. The molecule has 1 aromatic heterocycles. The average Bonchev–Trinajstić information content (AvgIpc) is 2.76. The van der Waals surface area contributed by atoms with E-state index >= 15 is 0 Å². The number of carbonyl (C=O) groups is 1. The van der Waals surface area contributed by atoms with Gasteiger partial charge in [-0.3, -0.25) is 4.68 Å². The zero-order valence-corrected chi connectivity index (χ0v) is 13.6. The molecule has 0 saturated heterocycles. The Morgan fingerprint density at radius 3 is 2.62 bits per heavy atom. The van der Waals surface area contributed by atoms with Crippen LogP contribution in [0.25, 0.3) is 0 Å². The lowest BCUT2D eigenvalue weighted by atomic mass is 10.1. The van der Waals surface area contributed by atoms with Crippen LogP contribution in [0.5, 0.6) is 0 Å². The first-order chi connectivity index (χ1) is 9.70. The molecule has 0 atom stereocenters. The summed E-state index contributed by atoms with van der Waals surface area (Å²) in [4.78, 5) is 11.0. The van der Waals surface area contributed by atoms with Crippen molar-refractivity contribution in [3.05, 3.63) is 39.6 Å². The zero-order valence-electron chi connectivity index (χ0n) is 11.2. The van der Waals surface area contributed by atoms with Crippen LogP contribution in [0, 0.1) is 6.92 Å². The summed E-state index contributed by atoms with van der Waals surface area (Å²) in [6, 6.07) is 2.53. The normalized spacial score (nSPS) is 11.6. The lowest BCUT2D eigenvalue weighted by Crippen LogP contribution is -2.10. The van der Waals surface area contributed by atoms with E-state index in [4.69, 9.17) is 5.11 Å². The van der Waals surface area contributed by atoms with Gasteiger partial charge in [-0.05, 0) is 24.6 Å². The fourth-order valence-corrected chi connectivity index (χ4v) is 3.99. The van der Waals surface area contributed by atoms with Gasteiger partial charge in [0.05, 0.1) is 16.2 Å². The Morgan fingerprint density at radius 1 is 1.43 bits per heavy atom. The molecule has 0 amide bonds. The Morgan fingerprint density at radius 2 is 2.10 bits per heavy atom. The van der Waals surface area contributed by atoms with E-state index in [1.807, 2.05) is 0 Å². The van der Waals surface area contributed by atoms with Crippen molar-refractivity contribution < 1.29 is 18.3 Å². The van der Waals surface area contributed by atoms with Crippen LogP contribution in [-0.4, -0.2) is 34.5 Å². The maximum Gasteiger partial charge on any atom is 0.335 e. The number of nitrogens with zero attached hydrogens (tertiary/aromatic N) is 3. The molecule has 9 heteroatoms. The van der Waals surface area contributed by atoms with Gasteiger partial charge in [0.15, 0.2) is 9.84 Å². The Balaban J connectivity index is 2.51. The molecule has 0 radical (unpaired) electrons. The number of carboxylic acid groups (broad SMARTS) is 1. The van der Waals surface area contributed by atoms with Crippen LogP contribution in [0.1, 0.15) is 21.6 Å². The molecule has 2 rings (SSSR count). The van der Waals surface area contributed by atoms with E-state index < -0.39 is 15.8 Å². The van der Waals surface area contributed by atoms with Crippen LogP contribution in [0.2, 0.25) is 0 Å². The Kier molecular flexibility index (Phi) is 4.15. The van der Waals surface area contributed by atoms with Gasteiger partial charge in [0.2, 0.25) is 0 Å². The summed E-state index contributed by atoms with van der Waals surface area (Å²) in [5, 5.41) is 16.5. The van der Waals surface area contributed by atoms with Crippen molar-refractivity contribution in [1.82, 2.24) is 15.0 Å². The quantitative estimate of drug-likeness (QED) is 0.872. The van der Waals surface area contributed by atoms with E-state index in [2.05, 4.69) is 26.2 Å². The van der Waals surface area contributed by atoms with Gasteiger partial charge in [0.25, 0.3) is 0 Å². The van der Waals surface area contributed by atoms with Gasteiger partial charge in [-0.15, -0.1) is 5.10 Å². The fourth-order valence-electron chi connectivity index (χ4n) is 1.83. The van der Waals surface area contributed by atoms with Gasteiger partial charge in [0.1, 0.15) is 5.75 Å². The molecule has 0 aliphatic heterocycles. The predicted octanol–water partition coefficient (Wildman–Crippen LogP) is 1.56. The summed E-state index contributed by atoms with van der Waals surface area (Å²) in [5.41, 5.74) is 0.669. The molecule has 0 unspecified atom stereocenters. The first kappa shape index (κ1) is 15.6. The third kappa shape index (κ3) is 3.30. The molecule has 0 saturated carbocycles. The molecular weight excluding hydrogens is 362 g/mol. The molecule has 21 heavy (non-hydrogen) atoms. The summed E-state index contributed by atoms with van der Waals surface area (Å²) in [6.07, 6.45) is 1.50. The molecule has 112 valence electrons. The van der Waals surface area contributed by atoms with E-state index in [0.717, 1.165) is 6.07 Å². The molecule has 0 fully saturated rings. The second-order valence-corrected chi connectivity index (χ2v) is 7.34. The number of rotatable bonds is 4. The SMILES string of the molecule is Cc1c(Br)cc(C(=O)O)cc1S(=O)(=O)Cc1cn(C)nn1. The first-order valence-corrected chi connectivity index (χ1v) is 8.26. The third-order valence-electron chi connectivity index (χ3n) is 2.87. The van der Waals surface area contributed by atoms with Crippen LogP contribution in [0.4, 0.5) is 0 Å². The van der Waals surface area contributed by atoms with Gasteiger partial charge >= 0.3 is 5.97 Å². The minimum atomic E-state index is -3.72. The zero-order chi connectivity index (χ0) is 15.8. The molecule has 1 N–H and O–H groups in total.